The molecule has 25 heavy (non-hydrogen) atoms. The van der Waals surface area contributed by atoms with Gasteiger partial charge in [0.2, 0.25) is 0 Å². The zero-order chi connectivity index (χ0) is 18.0. The molecule has 5 nitrogen and oxygen atoms in total. The summed E-state index contributed by atoms with van der Waals surface area (Å²) in [7, 11) is 3.20. The van der Waals surface area contributed by atoms with E-state index in [9.17, 15) is 4.79 Å². The van der Waals surface area contributed by atoms with Crippen molar-refractivity contribution in [1.82, 2.24) is 4.98 Å². The largest absolute Gasteiger partial charge is 0.497 e. The summed E-state index contributed by atoms with van der Waals surface area (Å²) < 4.78 is 10.5. The van der Waals surface area contributed by atoms with E-state index < -0.39 is 0 Å². The number of methoxy groups -OCH3 is 2. The molecule has 0 unspecified atom stereocenters. The van der Waals surface area contributed by atoms with Crippen molar-refractivity contribution in [2.45, 2.75) is 13.8 Å². The summed E-state index contributed by atoms with van der Waals surface area (Å²) in [6, 6.07) is 13.1. The average Bonchev–Trinajstić information content (AvgIpc) is 2.60. The second kappa shape index (κ2) is 6.81. The molecule has 0 aliphatic rings. The highest BCUT2D eigenvalue weighted by atomic mass is 16.5. The maximum absolute atomic E-state index is 12.7. The first-order valence-corrected chi connectivity index (χ1v) is 7.93. The van der Waals surface area contributed by atoms with Gasteiger partial charge in [-0.3, -0.25) is 9.78 Å². The van der Waals surface area contributed by atoms with Crippen molar-refractivity contribution in [2.75, 3.05) is 19.5 Å². The Morgan fingerprint density at radius 2 is 1.80 bits per heavy atom. The second-order valence-corrected chi connectivity index (χ2v) is 5.84. The number of carbonyl (C=O) groups excluding carboxylic acids is 1. The van der Waals surface area contributed by atoms with E-state index in [0.717, 1.165) is 22.2 Å². The predicted molar refractivity (Wildman–Crippen MR) is 98.7 cm³/mol. The normalized spacial score (nSPS) is 10.6. The number of pyridine rings is 1. The van der Waals surface area contributed by atoms with Crippen molar-refractivity contribution in [3.63, 3.8) is 0 Å². The van der Waals surface area contributed by atoms with Crippen molar-refractivity contribution < 1.29 is 14.3 Å². The molecule has 0 atom stereocenters. The Bertz CT molecular complexity index is 951. The van der Waals surface area contributed by atoms with Gasteiger partial charge in [-0.15, -0.1) is 0 Å². The summed E-state index contributed by atoms with van der Waals surface area (Å²) in [5, 5.41) is 3.80. The fraction of sp³-hybridized carbons (Fsp3) is 0.200. The Labute approximate surface area is 146 Å². The van der Waals surface area contributed by atoms with Gasteiger partial charge in [0, 0.05) is 11.5 Å². The molecule has 1 amide bonds. The van der Waals surface area contributed by atoms with E-state index in [0.29, 0.717) is 22.7 Å². The quantitative estimate of drug-likeness (QED) is 0.778. The van der Waals surface area contributed by atoms with E-state index in [-0.39, 0.29) is 5.91 Å². The van der Waals surface area contributed by atoms with E-state index in [1.807, 2.05) is 56.3 Å². The molecule has 0 saturated carbocycles. The number of ether oxygens (including phenoxy) is 2. The molecular formula is C20H20N2O3. The van der Waals surface area contributed by atoms with Gasteiger partial charge in [-0.1, -0.05) is 6.07 Å². The molecule has 0 bridgehead atoms. The molecule has 0 saturated heterocycles. The van der Waals surface area contributed by atoms with Gasteiger partial charge in [0.15, 0.2) is 0 Å². The number of carbonyl (C=O) groups is 1. The molecule has 2 aromatic carbocycles. The smallest absolute Gasteiger partial charge is 0.257 e. The van der Waals surface area contributed by atoms with Crippen LogP contribution >= 0.6 is 0 Å². The maximum atomic E-state index is 12.7. The number of rotatable bonds is 4. The number of hydrogen-bond acceptors (Lipinski definition) is 4. The molecule has 0 aliphatic carbocycles. The van der Waals surface area contributed by atoms with Crippen LogP contribution in [-0.4, -0.2) is 25.1 Å². The fourth-order valence-corrected chi connectivity index (χ4v) is 2.71. The lowest BCUT2D eigenvalue weighted by molar-refractivity contribution is 0.102. The van der Waals surface area contributed by atoms with Crippen LogP contribution in [0, 0.1) is 13.8 Å². The molecular weight excluding hydrogens is 316 g/mol. The molecule has 0 fully saturated rings. The highest BCUT2D eigenvalue weighted by Crippen LogP contribution is 2.27. The summed E-state index contributed by atoms with van der Waals surface area (Å²) >= 11 is 0. The van der Waals surface area contributed by atoms with Crippen LogP contribution < -0.4 is 14.8 Å². The summed E-state index contributed by atoms with van der Waals surface area (Å²) in [6.07, 6.45) is 0. The van der Waals surface area contributed by atoms with Gasteiger partial charge < -0.3 is 14.8 Å². The minimum Gasteiger partial charge on any atom is -0.497 e. The summed E-state index contributed by atoms with van der Waals surface area (Å²) in [5.74, 6) is 1.14. The lowest BCUT2D eigenvalue weighted by atomic mass is 10.1. The lowest BCUT2D eigenvalue weighted by Crippen LogP contribution is -2.15. The van der Waals surface area contributed by atoms with Gasteiger partial charge in [0.1, 0.15) is 11.5 Å². The fourth-order valence-electron chi connectivity index (χ4n) is 2.71. The van der Waals surface area contributed by atoms with Crippen LogP contribution in [0.4, 0.5) is 5.69 Å². The van der Waals surface area contributed by atoms with Gasteiger partial charge >= 0.3 is 0 Å². The van der Waals surface area contributed by atoms with E-state index in [2.05, 4.69) is 10.3 Å². The van der Waals surface area contributed by atoms with Gasteiger partial charge in [-0.25, -0.2) is 0 Å². The van der Waals surface area contributed by atoms with E-state index in [1.54, 1.807) is 14.2 Å². The summed E-state index contributed by atoms with van der Waals surface area (Å²) in [4.78, 5) is 17.3. The van der Waals surface area contributed by atoms with Gasteiger partial charge in [0.25, 0.3) is 5.91 Å². The molecule has 3 rings (SSSR count). The number of benzene rings is 2. The Hall–Kier alpha value is -3.08. The second-order valence-electron chi connectivity index (χ2n) is 5.84. The number of hydrogen-bond donors (Lipinski definition) is 1. The molecule has 0 spiro atoms. The Morgan fingerprint density at radius 1 is 1.00 bits per heavy atom. The Morgan fingerprint density at radius 3 is 2.52 bits per heavy atom. The van der Waals surface area contributed by atoms with E-state index in [1.165, 1.54) is 0 Å². The molecule has 1 aromatic heterocycles. The van der Waals surface area contributed by atoms with Crippen LogP contribution in [0.2, 0.25) is 0 Å². The minimum absolute atomic E-state index is 0.216. The van der Waals surface area contributed by atoms with E-state index >= 15 is 0 Å². The summed E-state index contributed by atoms with van der Waals surface area (Å²) in [6.45, 7) is 3.78. The first-order chi connectivity index (χ1) is 12.0. The van der Waals surface area contributed by atoms with Crippen LogP contribution in [-0.2, 0) is 0 Å². The average molecular weight is 336 g/mol. The van der Waals surface area contributed by atoms with Crippen LogP contribution in [0.25, 0.3) is 10.9 Å². The number of nitrogens with one attached hydrogen (secondary N) is 1. The van der Waals surface area contributed by atoms with Crippen LogP contribution in [0.1, 0.15) is 21.6 Å². The Kier molecular flexibility index (Phi) is 4.57. The van der Waals surface area contributed by atoms with Crippen molar-refractivity contribution >= 4 is 22.5 Å². The van der Waals surface area contributed by atoms with Crippen molar-refractivity contribution in [2.24, 2.45) is 0 Å². The number of aromatic nitrogens is 1. The van der Waals surface area contributed by atoms with Gasteiger partial charge in [0.05, 0.1) is 36.7 Å². The van der Waals surface area contributed by atoms with Crippen LogP contribution in [0.15, 0.2) is 42.5 Å². The monoisotopic (exact) mass is 336 g/mol. The number of nitrogens with zero attached hydrogens (tertiary/aromatic N) is 1. The van der Waals surface area contributed by atoms with Crippen molar-refractivity contribution in [3.05, 3.63) is 59.3 Å². The third-order valence-corrected chi connectivity index (χ3v) is 4.06. The maximum Gasteiger partial charge on any atom is 0.257 e. The van der Waals surface area contributed by atoms with Gasteiger partial charge in [-0.05, 0) is 49.7 Å². The number of aryl methyl sites for hydroxylation is 2. The number of anilines is 1. The minimum atomic E-state index is -0.216. The number of fused-ring (bicyclic) bond motifs is 1. The van der Waals surface area contributed by atoms with Gasteiger partial charge in [-0.2, -0.15) is 0 Å². The third-order valence-electron chi connectivity index (χ3n) is 4.06. The SMILES string of the molecule is COc1ccc2cc(C(=O)Nc3cc(C)ccc3OC)c(C)nc2c1. The predicted octanol–water partition coefficient (Wildman–Crippen LogP) is 4.12. The first kappa shape index (κ1) is 16.8. The molecule has 1 N–H and O–H groups in total. The zero-order valence-corrected chi connectivity index (χ0v) is 14.7. The number of amides is 1. The third kappa shape index (κ3) is 3.40. The lowest BCUT2D eigenvalue weighted by Gasteiger charge is -2.13. The molecule has 0 aliphatic heterocycles. The van der Waals surface area contributed by atoms with E-state index in [4.69, 9.17) is 9.47 Å². The molecule has 3 aromatic rings. The van der Waals surface area contributed by atoms with Crippen LogP contribution in [0.5, 0.6) is 11.5 Å². The molecule has 0 radical (unpaired) electrons. The molecule has 128 valence electrons. The Balaban J connectivity index is 1.97. The zero-order valence-electron chi connectivity index (χ0n) is 14.7. The molecule has 1 heterocycles. The first-order valence-electron chi connectivity index (χ1n) is 7.93. The topological polar surface area (TPSA) is 60.5 Å². The van der Waals surface area contributed by atoms with Crippen molar-refractivity contribution in [1.29, 1.82) is 0 Å². The molecule has 5 heteroatoms. The standard InChI is InChI=1S/C20H20N2O3/c1-12-5-8-19(25-4)18(9-12)22-20(23)16-10-14-6-7-15(24-3)11-17(14)21-13(16)2/h5-11H,1-4H3,(H,22,23). The highest BCUT2D eigenvalue weighted by molar-refractivity contribution is 6.07. The van der Waals surface area contributed by atoms with Crippen molar-refractivity contribution in [3.8, 4) is 11.5 Å². The summed E-state index contributed by atoms with van der Waals surface area (Å²) in [5.41, 5.74) is 3.66. The van der Waals surface area contributed by atoms with Crippen LogP contribution in [0.3, 0.4) is 0 Å². The highest BCUT2D eigenvalue weighted by Gasteiger charge is 2.14.